The number of nitrogens with one attached hydrogen (secondary N) is 1. The SMILES string of the molecule is O=C(c1ccc(-c2nc3ccccc3c(=O)[nH]2)cc1)N1CCN(S(=O)(=O)c2ccc(Cl)cc2)CC1. The quantitative estimate of drug-likeness (QED) is 0.455. The first-order valence-corrected chi connectivity index (χ1v) is 12.8. The summed E-state index contributed by atoms with van der Waals surface area (Å²) in [5.74, 6) is 0.244. The van der Waals surface area contributed by atoms with Crippen molar-refractivity contribution in [3.05, 3.63) is 93.7 Å². The molecule has 1 aliphatic rings. The van der Waals surface area contributed by atoms with Gasteiger partial charge in [0.05, 0.1) is 15.8 Å². The Morgan fingerprint density at radius 2 is 1.54 bits per heavy atom. The second kappa shape index (κ2) is 9.26. The summed E-state index contributed by atoms with van der Waals surface area (Å²) in [6.45, 7) is 0.980. The van der Waals surface area contributed by atoms with Crippen molar-refractivity contribution in [1.82, 2.24) is 19.2 Å². The lowest BCUT2D eigenvalue weighted by Crippen LogP contribution is -2.50. The Labute approximate surface area is 206 Å². The third-order valence-corrected chi connectivity index (χ3v) is 8.16. The maximum absolute atomic E-state index is 13.0. The van der Waals surface area contributed by atoms with Crippen molar-refractivity contribution in [2.24, 2.45) is 0 Å². The Kier molecular flexibility index (Phi) is 6.14. The van der Waals surface area contributed by atoms with E-state index < -0.39 is 10.0 Å². The van der Waals surface area contributed by atoms with Crippen LogP contribution in [0.3, 0.4) is 0 Å². The molecule has 178 valence electrons. The molecule has 0 unspecified atom stereocenters. The van der Waals surface area contributed by atoms with Gasteiger partial charge in [0.25, 0.3) is 11.5 Å². The molecule has 0 radical (unpaired) electrons. The van der Waals surface area contributed by atoms with Crippen LogP contribution in [0, 0.1) is 0 Å². The van der Waals surface area contributed by atoms with E-state index in [0.717, 1.165) is 0 Å². The van der Waals surface area contributed by atoms with Crippen LogP contribution in [0.25, 0.3) is 22.3 Å². The lowest BCUT2D eigenvalue weighted by atomic mass is 10.1. The number of amides is 1. The number of nitrogens with zero attached hydrogens (tertiary/aromatic N) is 3. The van der Waals surface area contributed by atoms with Gasteiger partial charge in [0, 0.05) is 42.3 Å². The Morgan fingerprint density at radius 1 is 0.886 bits per heavy atom. The molecule has 0 saturated carbocycles. The molecular formula is C25H21ClN4O4S. The van der Waals surface area contributed by atoms with Gasteiger partial charge < -0.3 is 9.88 Å². The molecule has 1 amide bonds. The van der Waals surface area contributed by atoms with Crippen LogP contribution in [0.5, 0.6) is 0 Å². The zero-order valence-corrected chi connectivity index (χ0v) is 20.1. The molecular weight excluding hydrogens is 488 g/mol. The molecule has 4 aromatic rings. The molecule has 10 heteroatoms. The minimum absolute atomic E-state index is 0.178. The maximum Gasteiger partial charge on any atom is 0.259 e. The van der Waals surface area contributed by atoms with Crippen molar-refractivity contribution in [1.29, 1.82) is 0 Å². The summed E-state index contributed by atoms with van der Waals surface area (Å²) in [6.07, 6.45) is 0. The summed E-state index contributed by atoms with van der Waals surface area (Å²) < 4.78 is 27.1. The number of rotatable bonds is 4. The molecule has 1 aliphatic heterocycles. The molecule has 1 aromatic heterocycles. The van der Waals surface area contributed by atoms with Crippen LogP contribution in [0.1, 0.15) is 10.4 Å². The van der Waals surface area contributed by atoms with Crippen molar-refractivity contribution in [3.8, 4) is 11.4 Å². The van der Waals surface area contributed by atoms with Crippen molar-refractivity contribution in [3.63, 3.8) is 0 Å². The van der Waals surface area contributed by atoms with Gasteiger partial charge in [-0.25, -0.2) is 13.4 Å². The predicted molar refractivity (Wildman–Crippen MR) is 134 cm³/mol. The minimum atomic E-state index is -3.65. The number of benzene rings is 3. The molecule has 5 rings (SSSR count). The van der Waals surface area contributed by atoms with Crippen LogP contribution in [0.4, 0.5) is 0 Å². The number of hydrogen-bond acceptors (Lipinski definition) is 5. The van der Waals surface area contributed by atoms with Gasteiger partial charge in [-0.05, 0) is 48.5 Å². The van der Waals surface area contributed by atoms with Gasteiger partial charge in [-0.15, -0.1) is 0 Å². The normalized spacial score (nSPS) is 14.8. The summed E-state index contributed by atoms with van der Waals surface area (Å²) in [5, 5.41) is 0.980. The average Bonchev–Trinajstić information content (AvgIpc) is 2.89. The second-order valence-corrected chi connectivity index (χ2v) is 10.5. The Balaban J connectivity index is 1.28. The van der Waals surface area contributed by atoms with Gasteiger partial charge in [0.15, 0.2) is 0 Å². The van der Waals surface area contributed by atoms with Crippen LogP contribution in [0.15, 0.2) is 82.5 Å². The fourth-order valence-corrected chi connectivity index (χ4v) is 5.61. The first kappa shape index (κ1) is 23.2. The minimum Gasteiger partial charge on any atom is -0.336 e. The van der Waals surface area contributed by atoms with Crippen molar-refractivity contribution in [2.75, 3.05) is 26.2 Å². The summed E-state index contributed by atoms with van der Waals surface area (Å²) in [6, 6.07) is 20.0. The van der Waals surface area contributed by atoms with E-state index in [-0.39, 0.29) is 42.5 Å². The smallest absolute Gasteiger partial charge is 0.259 e. The number of carbonyl (C=O) groups is 1. The number of para-hydroxylation sites is 1. The Bertz CT molecular complexity index is 1560. The number of aromatic amines is 1. The van der Waals surface area contributed by atoms with Crippen molar-refractivity contribution >= 4 is 38.4 Å². The fourth-order valence-electron chi connectivity index (χ4n) is 4.06. The molecule has 3 aromatic carbocycles. The molecule has 1 saturated heterocycles. The van der Waals surface area contributed by atoms with E-state index in [4.69, 9.17) is 11.6 Å². The monoisotopic (exact) mass is 508 g/mol. The number of carbonyl (C=O) groups excluding carboxylic acids is 1. The van der Waals surface area contributed by atoms with E-state index >= 15 is 0 Å². The first-order chi connectivity index (χ1) is 16.8. The van der Waals surface area contributed by atoms with Crippen LogP contribution in [-0.2, 0) is 10.0 Å². The number of H-pyrrole nitrogens is 1. The molecule has 35 heavy (non-hydrogen) atoms. The van der Waals surface area contributed by atoms with Crippen LogP contribution < -0.4 is 5.56 Å². The van der Waals surface area contributed by atoms with Gasteiger partial charge in [0.2, 0.25) is 10.0 Å². The van der Waals surface area contributed by atoms with Crippen molar-refractivity contribution in [2.45, 2.75) is 4.90 Å². The number of halogens is 1. The number of aromatic nitrogens is 2. The van der Waals surface area contributed by atoms with E-state index in [1.165, 1.54) is 16.4 Å². The number of sulfonamides is 1. The molecule has 1 N–H and O–H groups in total. The zero-order chi connectivity index (χ0) is 24.6. The standard InChI is InChI=1S/C25H21ClN4O4S/c26-19-9-11-20(12-10-19)35(33,34)30-15-13-29(14-16-30)25(32)18-7-5-17(6-8-18)23-27-22-4-2-1-3-21(22)24(31)28-23/h1-12H,13-16H2,(H,27,28,31). The molecule has 0 aliphatic carbocycles. The molecule has 0 bridgehead atoms. The molecule has 8 nitrogen and oxygen atoms in total. The van der Waals surface area contributed by atoms with E-state index in [1.807, 2.05) is 6.07 Å². The van der Waals surface area contributed by atoms with Gasteiger partial charge in [-0.3, -0.25) is 9.59 Å². The number of piperazine rings is 1. The van der Waals surface area contributed by atoms with E-state index in [0.29, 0.717) is 32.9 Å². The zero-order valence-electron chi connectivity index (χ0n) is 18.5. The number of hydrogen-bond donors (Lipinski definition) is 1. The van der Waals surface area contributed by atoms with Gasteiger partial charge in [-0.1, -0.05) is 35.9 Å². The summed E-state index contributed by atoms with van der Waals surface area (Å²) in [5.41, 5.74) is 1.53. The fraction of sp³-hybridized carbons (Fsp3) is 0.160. The van der Waals surface area contributed by atoms with Gasteiger partial charge >= 0.3 is 0 Å². The first-order valence-electron chi connectivity index (χ1n) is 11.0. The third kappa shape index (κ3) is 4.58. The summed E-state index contributed by atoms with van der Waals surface area (Å²) in [7, 11) is -3.65. The molecule has 0 atom stereocenters. The Hall–Kier alpha value is -3.53. The van der Waals surface area contributed by atoms with Crippen LogP contribution in [-0.4, -0.2) is 59.7 Å². The molecule has 1 fully saturated rings. The summed E-state index contributed by atoms with van der Waals surface area (Å²) >= 11 is 5.86. The highest BCUT2D eigenvalue weighted by molar-refractivity contribution is 7.89. The molecule has 0 spiro atoms. The van der Waals surface area contributed by atoms with Crippen molar-refractivity contribution < 1.29 is 13.2 Å². The number of fused-ring (bicyclic) bond motifs is 1. The highest BCUT2D eigenvalue weighted by Crippen LogP contribution is 2.22. The topological polar surface area (TPSA) is 103 Å². The average molecular weight is 509 g/mol. The Morgan fingerprint density at radius 3 is 2.23 bits per heavy atom. The lowest BCUT2D eigenvalue weighted by Gasteiger charge is -2.34. The highest BCUT2D eigenvalue weighted by atomic mass is 35.5. The van der Waals surface area contributed by atoms with Crippen LogP contribution >= 0.6 is 11.6 Å². The molecule has 2 heterocycles. The predicted octanol–water partition coefficient (Wildman–Crippen LogP) is 3.39. The van der Waals surface area contributed by atoms with E-state index in [9.17, 15) is 18.0 Å². The second-order valence-electron chi connectivity index (χ2n) is 8.16. The van der Waals surface area contributed by atoms with Gasteiger partial charge in [-0.2, -0.15) is 4.31 Å². The van der Waals surface area contributed by atoms with E-state index in [1.54, 1.807) is 59.5 Å². The third-order valence-electron chi connectivity index (χ3n) is 6.00. The largest absolute Gasteiger partial charge is 0.336 e. The summed E-state index contributed by atoms with van der Waals surface area (Å²) in [4.78, 5) is 34.5. The van der Waals surface area contributed by atoms with E-state index in [2.05, 4.69) is 9.97 Å². The highest BCUT2D eigenvalue weighted by Gasteiger charge is 2.30. The van der Waals surface area contributed by atoms with Gasteiger partial charge in [0.1, 0.15) is 5.82 Å². The maximum atomic E-state index is 13.0. The van der Waals surface area contributed by atoms with Crippen LogP contribution in [0.2, 0.25) is 5.02 Å². The lowest BCUT2D eigenvalue weighted by molar-refractivity contribution is 0.0698.